The predicted molar refractivity (Wildman–Crippen MR) is 73.8 cm³/mol. The Bertz CT molecular complexity index is 256. The second-order valence-electron chi connectivity index (χ2n) is 5.62. The SMILES string of the molecule is CCC1CCCCCN1CC(NC(C)C)C(=O)O. The van der Waals surface area contributed by atoms with Crippen molar-refractivity contribution >= 4 is 5.97 Å². The standard InChI is InChI=1S/C14H28N2O2/c1-4-12-8-6-5-7-9-16(12)10-13(14(17)18)15-11(2)3/h11-13,15H,4-10H2,1-3H3,(H,17,18). The van der Waals surface area contributed by atoms with E-state index in [9.17, 15) is 9.90 Å². The molecule has 0 bridgehead atoms. The van der Waals surface area contributed by atoms with E-state index in [1.54, 1.807) is 0 Å². The molecule has 18 heavy (non-hydrogen) atoms. The van der Waals surface area contributed by atoms with Crippen LogP contribution >= 0.6 is 0 Å². The number of nitrogens with zero attached hydrogens (tertiary/aromatic N) is 1. The van der Waals surface area contributed by atoms with Gasteiger partial charge in [0.1, 0.15) is 6.04 Å². The van der Waals surface area contributed by atoms with Crippen molar-refractivity contribution in [2.75, 3.05) is 13.1 Å². The van der Waals surface area contributed by atoms with Crippen molar-refractivity contribution < 1.29 is 9.90 Å². The van der Waals surface area contributed by atoms with Crippen LogP contribution in [0.1, 0.15) is 52.9 Å². The Morgan fingerprint density at radius 1 is 1.39 bits per heavy atom. The van der Waals surface area contributed by atoms with E-state index in [1.807, 2.05) is 13.8 Å². The van der Waals surface area contributed by atoms with Crippen LogP contribution in [0.3, 0.4) is 0 Å². The number of carboxylic acid groups (broad SMARTS) is 1. The van der Waals surface area contributed by atoms with Crippen LogP contribution in [0, 0.1) is 0 Å². The zero-order chi connectivity index (χ0) is 13.5. The van der Waals surface area contributed by atoms with E-state index >= 15 is 0 Å². The van der Waals surface area contributed by atoms with Gasteiger partial charge in [0.05, 0.1) is 0 Å². The van der Waals surface area contributed by atoms with Gasteiger partial charge in [-0.3, -0.25) is 9.69 Å². The monoisotopic (exact) mass is 256 g/mol. The minimum atomic E-state index is -0.734. The lowest BCUT2D eigenvalue weighted by molar-refractivity contribution is -0.140. The van der Waals surface area contributed by atoms with Gasteiger partial charge in [0, 0.05) is 18.6 Å². The van der Waals surface area contributed by atoms with Gasteiger partial charge in [0.15, 0.2) is 0 Å². The highest BCUT2D eigenvalue weighted by Crippen LogP contribution is 2.19. The summed E-state index contributed by atoms with van der Waals surface area (Å²) in [5, 5.41) is 12.4. The second kappa shape index (κ2) is 7.74. The van der Waals surface area contributed by atoms with Crippen LogP contribution in [0.15, 0.2) is 0 Å². The van der Waals surface area contributed by atoms with Crippen LogP contribution in [0.4, 0.5) is 0 Å². The van der Waals surface area contributed by atoms with Gasteiger partial charge < -0.3 is 10.4 Å². The van der Waals surface area contributed by atoms with Crippen molar-refractivity contribution in [1.82, 2.24) is 10.2 Å². The molecular weight excluding hydrogens is 228 g/mol. The molecule has 0 aromatic rings. The van der Waals surface area contributed by atoms with E-state index in [4.69, 9.17) is 0 Å². The minimum Gasteiger partial charge on any atom is -0.480 e. The maximum absolute atomic E-state index is 11.3. The molecule has 0 saturated carbocycles. The lowest BCUT2D eigenvalue weighted by atomic mass is 10.1. The molecule has 1 heterocycles. The maximum Gasteiger partial charge on any atom is 0.322 e. The van der Waals surface area contributed by atoms with Crippen molar-refractivity contribution in [2.45, 2.75) is 71.0 Å². The largest absolute Gasteiger partial charge is 0.480 e. The summed E-state index contributed by atoms with van der Waals surface area (Å²) in [6, 6.07) is 0.318. The highest BCUT2D eigenvalue weighted by molar-refractivity contribution is 5.73. The third-order valence-electron chi connectivity index (χ3n) is 3.72. The summed E-state index contributed by atoms with van der Waals surface area (Å²) in [5.74, 6) is -0.734. The van der Waals surface area contributed by atoms with Gasteiger partial charge in [-0.1, -0.05) is 33.6 Å². The molecule has 0 spiro atoms. The average Bonchev–Trinajstić information content (AvgIpc) is 2.52. The molecule has 2 atom stereocenters. The maximum atomic E-state index is 11.3. The minimum absolute atomic E-state index is 0.207. The van der Waals surface area contributed by atoms with E-state index in [-0.39, 0.29) is 6.04 Å². The zero-order valence-corrected chi connectivity index (χ0v) is 12.0. The molecule has 4 heteroatoms. The van der Waals surface area contributed by atoms with Crippen LogP contribution in [-0.2, 0) is 4.79 Å². The average molecular weight is 256 g/mol. The molecule has 2 unspecified atom stereocenters. The topological polar surface area (TPSA) is 52.6 Å². The lowest BCUT2D eigenvalue weighted by Crippen LogP contribution is -2.50. The summed E-state index contributed by atoms with van der Waals surface area (Å²) in [6.45, 7) is 7.87. The van der Waals surface area contributed by atoms with Crippen LogP contribution in [-0.4, -0.2) is 47.2 Å². The molecule has 0 aromatic carbocycles. The van der Waals surface area contributed by atoms with Crippen molar-refractivity contribution in [1.29, 1.82) is 0 Å². The normalized spacial score (nSPS) is 23.9. The van der Waals surface area contributed by atoms with E-state index in [0.29, 0.717) is 12.6 Å². The molecular formula is C14H28N2O2. The third-order valence-corrected chi connectivity index (χ3v) is 3.72. The van der Waals surface area contributed by atoms with Crippen molar-refractivity contribution in [3.63, 3.8) is 0 Å². The smallest absolute Gasteiger partial charge is 0.322 e. The summed E-state index contributed by atoms with van der Waals surface area (Å²) in [4.78, 5) is 13.7. The fourth-order valence-corrected chi connectivity index (χ4v) is 2.78. The number of aliphatic carboxylic acids is 1. The highest BCUT2D eigenvalue weighted by atomic mass is 16.4. The number of rotatable bonds is 6. The number of carboxylic acids is 1. The predicted octanol–water partition coefficient (Wildman–Crippen LogP) is 2.09. The van der Waals surface area contributed by atoms with Crippen molar-refractivity contribution in [3.05, 3.63) is 0 Å². The molecule has 106 valence electrons. The second-order valence-corrected chi connectivity index (χ2v) is 5.62. The first-order chi connectivity index (χ1) is 8.54. The summed E-state index contributed by atoms with van der Waals surface area (Å²) >= 11 is 0. The van der Waals surface area contributed by atoms with Gasteiger partial charge in [-0.2, -0.15) is 0 Å². The number of likely N-dealkylation sites (tertiary alicyclic amines) is 1. The van der Waals surface area contributed by atoms with Gasteiger partial charge in [-0.15, -0.1) is 0 Å². The molecule has 1 aliphatic rings. The fourth-order valence-electron chi connectivity index (χ4n) is 2.78. The number of hydrogen-bond acceptors (Lipinski definition) is 3. The van der Waals surface area contributed by atoms with E-state index in [0.717, 1.165) is 13.0 Å². The molecule has 2 N–H and O–H groups in total. The van der Waals surface area contributed by atoms with E-state index in [2.05, 4.69) is 17.1 Å². The first-order valence-electron chi connectivity index (χ1n) is 7.27. The molecule has 1 rings (SSSR count). The zero-order valence-electron chi connectivity index (χ0n) is 12.0. The Morgan fingerprint density at radius 3 is 2.67 bits per heavy atom. The molecule has 1 saturated heterocycles. The van der Waals surface area contributed by atoms with Gasteiger partial charge in [-0.25, -0.2) is 0 Å². The Labute approximate surface area is 111 Å². The number of hydrogen-bond donors (Lipinski definition) is 2. The first-order valence-corrected chi connectivity index (χ1v) is 7.27. The lowest BCUT2D eigenvalue weighted by Gasteiger charge is -2.32. The van der Waals surface area contributed by atoms with Crippen molar-refractivity contribution in [3.8, 4) is 0 Å². The van der Waals surface area contributed by atoms with Gasteiger partial charge in [0.2, 0.25) is 0 Å². The molecule has 4 nitrogen and oxygen atoms in total. The molecule has 1 fully saturated rings. The molecule has 0 radical (unpaired) electrons. The van der Waals surface area contributed by atoms with Crippen LogP contribution in [0.5, 0.6) is 0 Å². The van der Waals surface area contributed by atoms with Gasteiger partial charge in [0.25, 0.3) is 0 Å². The van der Waals surface area contributed by atoms with Crippen LogP contribution < -0.4 is 5.32 Å². The molecule has 0 amide bonds. The number of nitrogens with one attached hydrogen (secondary N) is 1. The Kier molecular flexibility index (Phi) is 6.65. The fraction of sp³-hybridized carbons (Fsp3) is 0.929. The Hall–Kier alpha value is -0.610. The summed E-state index contributed by atoms with van der Waals surface area (Å²) in [5.41, 5.74) is 0. The van der Waals surface area contributed by atoms with Crippen molar-refractivity contribution in [2.24, 2.45) is 0 Å². The highest BCUT2D eigenvalue weighted by Gasteiger charge is 2.26. The van der Waals surface area contributed by atoms with E-state index in [1.165, 1.54) is 25.7 Å². The molecule has 0 aliphatic carbocycles. The third kappa shape index (κ3) is 4.94. The van der Waals surface area contributed by atoms with Gasteiger partial charge in [-0.05, 0) is 25.8 Å². The van der Waals surface area contributed by atoms with Gasteiger partial charge >= 0.3 is 5.97 Å². The Balaban J connectivity index is 2.61. The van der Waals surface area contributed by atoms with E-state index < -0.39 is 12.0 Å². The molecule has 0 aromatic heterocycles. The Morgan fingerprint density at radius 2 is 2.11 bits per heavy atom. The first kappa shape index (κ1) is 15.4. The summed E-state index contributed by atoms with van der Waals surface area (Å²) < 4.78 is 0. The summed E-state index contributed by atoms with van der Waals surface area (Å²) in [6.07, 6.45) is 6.09. The summed E-state index contributed by atoms with van der Waals surface area (Å²) in [7, 11) is 0. The number of carbonyl (C=O) groups is 1. The quantitative estimate of drug-likeness (QED) is 0.764. The van der Waals surface area contributed by atoms with Crippen LogP contribution in [0.2, 0.25) is 0 Å². The van der Waals surface area contributed by atoms with Crippen LogP contribution in [0.25, 0.3) is 0 Å². The molecule has 1 aliphatic heterocycles.